The van der Waals surface area contributed by atoms with Crippen LogP contribution in [0.1, 0.15) is 25.0 Å². The minimum atomic E-state index is -0.630. The molecule has 98 valence electrons. The van der Waals surface area contributed by atoms with E-state index in [-0.39, 0.29) is 5.92 Å². The monoisotopic (exact) mass is 246 g/mol. The number of phenols is 1. The van der Waals surface area contributed by atoms with E-state index in [1.165, 1.54) is 0 Å². The second kappa shape index (κ2) is 5.87. The van der Waals surface area contributed by atoms with E-state index in [2.05, 4.69) is 0 Å². The normalized spacial score (nSPS) is 25.5. The molecule has 2 unspecified atom stereocenters. The zero-order valence-corrected chi connectivity index (χ0v) is 11.5. The Balaban J connectivity index is 0.000000180. The molecular weight excluding hydrogens is 224 g/mol. The van der Waals surface area contributed by atoms with Crippen molar-refractivity contribution in [1.82, 2.24) is 0 Å². The zero-order chi connectivity index (χ0) is 13.8. The fraction of sp³-hybridized carbons (Fsp3) is 0.375. The van der Waals surface area contributed by atoms with Crippen molar-refractivity contribution < 1.29 is 10.2 Å². The number of aryl methyl sites for hydroxylation is 1. The number of rotatable bonds is 0. The second-order valence-electron chi connectivity index (χ2n) is 4.98. The molecule has 0 aromatic heterocycles. The Labute approximate surface area is 109 Å². The van der Waals surface area contributed by atoms with Gasteiger partial charge in [0, 0.05) is 5.92 Å². The number of phenolic OH excluding ortho intramolecular Hbond substituents is 1. The topological polar surface area (TPSA) is 40.5 Å². The van der Waals surface area contributed by atoms with Crippen LogP contribution >= 0.6 is 0 Å². The molecule has 2 N–H and O–H groups in total. The molecule has 1 aromatic carbocycles. The lowest BCUT2D eigenvalue weighted by Crippen LogP contribution is -2.29. The molecule has 0 heterocycles. The highest BCUT2D eigenvalue weighted by molar-refractivity contribution is 5.36. The highest BCUT2D eigenvalue weighted by atomic mass is 16.3. The van der Waals surface area contributed by atoms with Crippen molar-refractivity contribution in [2.45, 2.75) is 33.3 Å². The Hall–Kier alpha value is -1.54. The van der Waals surface area contributed by atoms with E-state index in [1.54, 1.807) is 6.07 Å². The molecule has 0 radical (unpaired) electrons. The third-order valence-electron chi connectivity index (χ3n) is 3.44. The van der Waals surface area contributed by atoms with Crippen LogP contribution in [0.5, 0.6) is 5.75 Å². The van der Waals surface area contributed by atoms with Gasteiger partial charge in [0.05, 0.1) is 5.60 Å². The molecule has 1 aliphatic rings. The van der Waals surface area contributed by atoms with Crippen LogP contribution in [0, 0.1) is 19.8 Å². The van der Waals surface area contributed by atoms with E-state index in [0.29, 0.717) is 5.75 Å². The SMILES string of the molecule is CC1C=CC=CC1(C)O.Cc1cccc(O)c1C. The van der Waals surface area contributed by atoms with E-state index in [0.717, 1.165) is 11.1 Å². The summed E-state index contributed by atoms with van der Waals surface area (Å²) in [6.45, 7) is 7.71. The largest absolute Gasteiger partial charge is 0.508 e. The molecule has 0 amide bonds. The molecule has 2 atom stereocenters. The van der Waals surface area contributed by atoms with Crippen molar-refractivity contribution in [1.29, 1.82) is 0 Å². The van der Waals surface area contributed by atoms with Gasteiger partial charge in [0.2, 0.25) is 0 Å². The molecule has 0 saturated heterocycles. The van der Waals surface area contributed by atoms with E-state index < -0.39 is 5.60 Å². The number of allylic oxidation sites excluding steroid dienone is 2. The van der Waals surface area contributed by atoms with Crippen LogP contribution in [0.25, 0.3) is 0 Å². The third kappa shape index (κ3) is 3.74. The Morgan fingerprint density at radius 3 is 2.22 bits per heavy atom. The standard InChI is InChI=1S/C8H12O.C8H10O/c1-7-5-3-4-6-8(7,2)9;1-6-4-3-5-8(9)7(6)2/h3-7,9H,1-2H3;3-5,9H,1-2H3. The van der Waals surface area contributed by atoms with Crippen LogP contribution in [0.4, 0.5) is 0 Å². The van der Waals surface area contributed by atoms with E-state index in [1.807, 2.05) is 64.1 Å². The summed E-state index contributed by atoms with van der Waals surface area (Å²) in [7, 11) is 0. The predicted molar refractivity (Wildman–Crippen MR) is 75.6 cm³/mol. The number of benzene rings is 1. The Kier molecular flexibility index (Phi) is 4.74. The minimum Gasteiger partial charge on any atom is -0.508 e. The van der Waals surface area contributed by atoms with Gasteiger partial charge in [-0.2, -0.15) is 0 Å². The molecule has 0 aliphatic heterocycles. The molecule has 0 fully saturated rings. The summed E-state index contributed by atoms with van der Waals surface area (Å²) in [6, 6.07) is 5.52. The number of aliphatic hydroxyl groups is 1. The van der Waals surface area contributed by atoms with Crippen LogP contribution < -0.4 is 0 Å². The average Bonchev–Trinajstić information content (AvgIpc) is 2.31. The van der Waals surface area contributed by atoms with Crippen LogP contribution in [0.2, 0.25) is 0 Å². The first-order chi connectivity index (χ1) is 8.34. The van der Waals surface area contributed by atoms with E-state index in [9.17, 15) is 5.11 Å². The predicted octanol–water partition coefficient (Wildman–Crippen LogP) is 3.51. The van der Waals surface area contributed by atoms with Gasteiger partial charge in [0.25, 0.3) is 0 Å². The molecule has 0 spiro atoms. The summed E-state index contributed by atoms with van der Waals surface area (Å²) in [6.07, 6.45) is 7.65. The summed E-state index contributed by atoms with van der Waals surface area (Å²) in [4.78, 5) is 0. The van der Waals surface area contributed by atoms with Gasteiger partial charge < -0.3 is 10.2 Å². The maximum atomic E-state index is 9.50. The van der Waals surface area contributed by atoms with Gasteiger partial charge >= 0.3 is 0 Å². The molecule has 2 rings (SSSR count). The van der Waals surface area contributed by atoms with E-state index >= 15 is 0 Å². The van der Waals surface area contributed by atoms with Crippen molar-refractivity contribution in [2.75, 3.05) is 0 Å². The van der Waals surface area contributed by atoms with Gasteiger partial charge in [-0.1, -0.05) is 43.4 Å². The Morgan fingerprint density at radius 1 is 1.17 bits per heavy atom. The molecule has 1 aromatic rings. The molecule has 18 heavy (non-hydrogen) atoms. The summed E-state index contributed by atoms with van der Waals surface area (Å²) >= 11 is 0. The smallest absolute Gasteiger partial charge is 0.118 e. The van der Waals surface area contributed by atoms with E-state index in [4.69, 9.17) is 5.11 Å². The first-order valence-electron chi connectivity index (χ1n) is 6.18. The van der Waals surface area contributed by atoms with Gasteiger partial charge in [-0.05, 0) is 38.0 Å². The highest BCUT2D eigenvalue weighted by Crippen LogP contribution is 2.22. The molecule has 0 saturated carbocycles. The number of hydrogen-bond donors (Lipinski definition) is 2. The third-order valence-corrected chi connectivity index (χ3v) is 3.44. The van der Waals surface area contributed by atoms with Gasteiger partial charge in [-0.15, -0.1) is 0 Å². The first kappa shape index (κ1) is 14.5. The van der Waals surface area contributed by atoms with Gasteiger partial charge in [-0.25, -0.2) is 0 Å². The Bertz CT molecular complexity index is 436. The van der Waals surface area contributed by atoms with Gasteiger partial charge in [-0.3, -0.25) is 0 Å². The quantitative estimate of drug-likeness (QED) is 0.735. The highest BCUT2D eigenvalue weighted by Gasteiger charge is 2.23. The molecule has 1 aliphatic carbocycles. The number of hydrogen-bond acceptors (Lipinski definition) is 2. The van der Waals surface area contributed by atoms with Crippen LogP contribution in [0.3, 0.4) is 0 Å². The summed E-state index contributed by atoms with van der Waals surface area (Å²) in [5.74, 6) is 0.623. The second-order valence-corrected chi connectivity index (χ2v) is 4.98. The minimum absolute atomic E-state index is 0.238. The molecule has 2 nitrogen and oxygen atoms in total. The van der Waals surface area contributed by atoms with Crippen LogP contribution in [-0.4, -0.2) is 15.8 Å². The number of aromatic hydroxyl groups is 1. The van der Waals surface area contributed by atoms with Gasteiger partial charge in [0.1, 0.15) is 5.75 Å². The molecule has 2 heteroatoms. The lowest BCUT2D eigenvalue weighted by molar-refractivity contribution is 0.0730. The fourth-order valence-electron chi connectivity index (χ4n) is 1.56. The van der Waals surface area contributed by atoms with Crippen LogP contribution in [-0.2, 0) is 0 Å². The zero-order valence-electron chi connectivity index (χ0n) is 11.5. The first-order valence-corrected chi connectivity index (χ1v) is 6.18. The fourth-order valence-corrected chi connectivity index (χ4v) is 1.56. The molecule has 0 bridgehead atoms. The van der Waals surface area contributed by atoms with Crippen molar-refractivity contribution in [3.8, 4) is 5.75 Å². The average molecular weight is 246 g/mol. The van der Waals surface area contributed by atoms with Crippen molar-refractivity contribution >= 4 is 0 Å². The maximum Gasteiger partial charge on any atom is 0.118 e. The van der Waals surface area contributed by atoms with Crippen molar-refractivity contribution in [3.63, 3.8) is 0 Å². The maximum absolute atomic E-state index is 9.50. The summed E-state index contributed by atoms with van der Waals surface area (Å²) in [5.41, 5.74) is 1.47. The lowest BCUT2D eigenvalue weighted by Gasteiger charge is -2.26. The summed E-state index contributed by atoms with van der Waals surface area (Å²) < 4.78 is 0. The van der Waals surface area contributed by atoms with Crippen molar-refractivity contribution in [2.24, 2.45) is 5.92 Å². The van der Waals surface area contributed by atoms with Gasteiger partial charge in [0.15, 0.2) is 0 Å². The molecular formula is C16H22O2. The lowest BCUT2D eigenvalue weighted by atomic mass is 9.87. The van der Waals surface area contributed by atoms with Crippen molar-refractivity contribution in [3.05, 3.63) is 53.6 Å². The summed E-state index contributed by atoms with van der Waals surface area (Å²) in [5, 5.41) is 18.6. The Morgan fingerprint density at radius 2 is 1.83 bits per heavy atom. The van der Waals surface area contributed by atoms with Crippen LogP contribution in [0.15, 0.2) is 42.5 Å².